The summed E-state index contributed by atoms with van der Waals surface area (Å²) in [6, 6.07) is 0. The summed E-state index contributed by atoms with van der Waals surface area (Å²) in [5, 5.41) is 0. The van der Waals surface area contributed by atoms with Crippen molar-refractivity contribution in [3.05, 3.63) is 0 Å². The highest BCUT2D eigenvalue weighted by molar-refractivity contribution is 6.71. The second-order valence-corrected chi connectivity index (χ2v) is 9.49. The number of unbranched alkanes of at least 4 members (excludes halogenated alkanes) is 5. The maximum Gasteiger partial charge on any atom is 0.292 e. The minimum absolute atomic E-state index is 0.0490. The fourth-order valence-electron chi connectivity index (χ4n) is 1.42. The number of aldehydes is 1. The lowest BCUT2D eigenvalue weighted by molar-refractivity contribution is -0.135. The average Bonchev–Trinajstić information content (AvgIpc) is 2.13. The molecular formula is C12H24O3Si. The lowest BCUT2D eigenvalue weighted by Gasteiger charge is -2.17. The molecule has 3 nitrogen and oxygen atoms in total. The van der Waals surface area contributed by atoms with Gasteiger partial charge in [0.05, 0.1) is 0 Å². The Morgan fingerprint density at radius 2 is 1.62 bits per heavy atom. The molecule has 0 amide bonds. The summed E-state index contributed by atoms with van der Waals surface area (Å²) in [6.07, 6.45) is 7.30. The first-order valence-electron chi connectivity index (χ1n) is 6.11. The molecule has 0 spiro atoms. The summed E-state index contributed by atoms with van der Waals surface area (Å²) in [4.78, 5) is 21.4. The highest BCUT2D eigenvalue weighted by Gasteiger charge is 2.19. The minimum Gasteiger partial charge on any atom is -0.520 e. The van der Waals surface area contributed by atoms with Crippen molar-refractivity contribution in [1.29, 1.82) is 0 Å². The van der Waals surface area contributed by atoms with E-state index >= 15 is 0 Å². The molecule has 0 aromatic heterocycles. The second-order valence-electron chi connectivity index (χ2n) is 5.06. The number of hydrogen-bond donors (Lipinski definition) is 0. The van der Waals surface area contributed by atoms with Crippen LogP contribution in [0.4, 0.5) is 0 Å². The lowest BCUT2D eigenvalue weighted by atomic mass is 10.1. The summed E-state index contributed by atoms with van der Waals surface area (Å²) in [5.74, 6) is -0.0490. The van der Waals surface area contributed by atoms with E-state index in [0.717, 1.165) is 38.4 Å². The van der Waals surface area contributed by atoms with Crippen LogP contribution in [-0.2, 0) is 14.0 Å². The molecule has 0 heterocycles. The zero-order valence-corrected chi connectivity index (χ0v) is 11.8. The molecule has 0 rings (SSSR count). The predicted molar refractivity (Wildman–Crippen MR) is 67.8 cm³/mol. The van der Waals surface area contributed by atoms with Crippen molar-refractivity contribution in [2.45, 2.75) is 64.6 Å². The fraction of sp³-hybridized carbons (Fsp3) is 0.833. The van der Waals surface area contributed by atoms with Crippen molar-refractivity contribution in [2.24, 2.45) is 0 Å². The quantitative estimate of drug-likeness (QED) is 0.355. The van der Waals surface area contributed by atoms with Crippen LogP contribution in [0.1, 0.15) is 44.9 Å². The molecule has 0 saturated heterocycles. The molecule has 0 aliphatic rings. The molecular weight excluding hydrogens is 220 g/mol. The van der Waals surface area contributed by atoms with Crippen LogP contribution in [-0.4, -0.2) is 20.6 Å². The first-order chi connectivity index (χ1) is 7.45. The summed E-state index contributed by atoms with van der Waals surface area (Å²) >= 11 is 0. The maximum absolute atomic E-state index is 11.4. The van der Waals surface area contributed by atoms with Gasteiger partial charge in [0.1, 0.15) is 6.29 Å². The van der Waals surface area contributed by atoms with Crippen molar-refractivity contribution in [2.75, 3.05) is 0 Å². The van der Waals surface area contributed by atoms with Crippen molar-refractivity contribution >= 4 is 20.6 Å². The molecule has 0 bridgehead atoms. The van der Waals surface area contributed by atoms with E-state index in [4.69, 9.17) is 4.43 Å². The Hall–Kier alpha value is -0.643. The van der Waals surface area contributed by atoms with Crippen LogP contribution in [0.25, 0.3) is 0 Å². The SMILES string of the molecule is C[Si](C)(C)OC(=O)CCCCCCCC=O. The highest BCUT2D eigenvalue weighted by Crippen LogP contribution is 2.10. The molecule has 0 unspecified atom stereocenters. The van der Waals surface area contributed by atoms with Gasteiger partial charge in [0, 0.05) is 12.8 Å². The van der Waals surface area contributed by atoms with Gasteiger partial charge in [-0.1, -0.05) is 19.3 Å². The largest absolute Gasteiger partial charge is 0.520 e. The van der Waals surface area contributed by atoms with E-state index in [-0.39, 0.29) is 5.97 Å². The lowest BCUT2D eigenvalue weighted by Crippen LogP contribution is -2.28. The fourth-order valence-corrected chi connectivity index (χ4v) is 2.20. The van der Waals surface area contributed by atoms with E-state index in [1.165, 1.54) is 0 Å². The Labute approximate surface area is 99.7 Å². The van der Waals surface area contributed by atoms with Gasteiger partial charge in [-0.25, -0.2) is 0 Å². The molecule has 16 heavy (non-hydrogen) atoms. The smallest absolute Gasteiger partial charge is 0.292 e. The number of hydrogen-bond acceptors (Lipinski definition) is 3. The third-order valence-corrected chi connectivity index (χ3v) is 2.96. The van der Waals surface area contributed by atoms with Gasteiger partial charge in [0.2, 0.25) is 8.32 Å². The summed E-state index contributed by atoms with van der Waals surface area (Å²) in [7, 11) is -1.69. The third-order valence-electron chi connectivity index (χ3n) is 2.12. The molecule has 4 heteroatoms. The van der Waals surface area contributed by atoms with Crippen LogP contribution in [0, 0.1) is 0 Å². The maximum atomic E-state index is 11.4. The third kappa shape index (κ3) is 11.4. The number of carbonyl (C=O) groups excluding carboxylic acids is 2. The summed E-state index contributed by atoms with van der Waals surface area (Å²) in [6.45, 7) is 6.05. The standard InChI is InChI=1S/C12H24O3Si/c1-16(2,3)15-12(14)10-8-6-4-5-7-9-11-13/h11H,4-10H2,1-3H3. The first-order valence-corrected chi connectivity index (χ1v) is 9.52. The summed E-state index contributed by atoms with van der Waals surface area (Å²) in [5.41, 5.74) is 0. The van der Waals surface area contributed by atoms with Crippen molar-refractivity contribution in [3.63, 3.8) is 0 Å². The molecule has 0 aliphatic heterocycles. The molecule has 0 aromatic carbocycles. The van der Waals surface area contributed by atoms with Gasteiger partial charge in [-0.3, -0.25) is 4.79 Å². The minimum atomic E-state index is -1.69. The van der Waals surface area contributed by atoms with Gasteiger partial charge >= 0.3 is 0 Å². The van der Waals surface area contributed by atoms with Crippen LogP contribution < -0.4 is 0 Å². The molecule has 0 atom stereocenters. The monoisotopic (exact) mass is 244 g/mol. The second kappa shape index (κ2) is 8.50. The van der Waals surface area contributed by atoms with Gasteiger partial charge < -0.3 is 9.22 Å². The Bertz CT molecular complexity index is 209. The Morgan fingerprint density at radius 1 is 1.06 bits per heavy atom. The van der Waals surface area contributed by atoms with E-state index < -0.39 is 8.32 Å². The topological polar surface area (TPSA) is 43.4 Å². The van der Waals surface area contributed by atoms with Gasteiger partial charge in [-0.2, -0.15) is 0 Å². The summed E-state index contributed by atoms with van der Waals surface area (Å²) < 4.78 is 5.34. The zero-order chi connectivity index (χ0) is 12.4. The van der Waals surface area contributed by atoms with Crippen molar-refractivity contribution < 1.29 is 14.0 Å². The van der Waals surface area contributed by atoms with Gasteiger partial charge in [-0.15, -0.1) is 0 Å². The van der Waals surface area contributed by atoms with Crippen LogP contribution in [0.2, 0.25) is 19.6 Å². The van der Waals surface area contributed by atoms with Crippen LogP contribution >= 0.6 is 0 Å². The Balaban J connectivity index is 3.31. The van der Waals surface area contributed by atoms with Crippen LogP contribution in [0.5, 0.6) is 0 Å². The molecule has 0 aromatic rings. The average molecular weight is 244 g/mol. The van der Waals surface area contributed by atoms with E-state index in [2.05, 4.69) is 0 Å². The molecule has 0 fully saturated rings. The molecule has 0 radical (unpaired) electrons. The number of carbonyl (C=O) groups is 2. The van der Waals surface area contributed by atoms with E-state index in [9.17, 15) is 9.59 Å². The molecule has 0 saturated carbocycles. The van der Waals surface area contributed by atoms with Crippen LogP contribution in [0.15, 0.2) is 0 Å². The van der Waals surface area contributed by atoms with Crippen molar-refractivity contribution in [3.8, 4) is 0 Å². The molecule has 0 N–H and O–H groups in total. The van der Waals surface area contributed by atoms with E-state index in [0.29, 0.717) is 12.8 Å². The Morgan fingerprint density at radius 3 is 2.19 bits per heavy atom. The first kappa shape index (κ1) is 15.4. The normalized spacial score (nSPS) is 11.2. The number of rotatable bonds is 9. The molecule has 0 aliphatic carbocycles. The van der Waals surface area contributed by atoms with E-state index in [1.54, 1.807) is 0 Å². The van der Waals surface area contributed by atoms with Gasteiger partial charge in [-0.05, 0) is 32.5 Å². The Kier molecular flexibility index (Phi) is 8.16. The van der Waals surface area contributed by atoms with Crippen molar-refractivity contribution in [1.82, 2.24) is 0 Å². The predicted octanol–water partition coefficient (Wildman–Crippen LogP) is 3.29. The van der Waals surface area contributed by atoms with Crippen LogP contribution in [0.3, 0.4) is 0 Å². The van der Waals surface area contributed by atoms with Gasteiger partial charge in [0.15, 0.2) is 0 Å². The van der Waals surface area contributed by atoms with E-state index in [1.807, 2.05) is 19.6 Å². The zero-order valence-electron chi connectivity index (χ0n) is 10.8. The highest BCUT2D eigenvalue weighted by atomic mass is 28.4. The van der Waals surface area contributed by atoms with Gasteiger partial charge in [0.25, 0.3) is 5.97 Å². The molecule has 94 valence electrons.